The molecule has 31 heavy (non-hydrogen) atoms. The van der Waals surface area contributed by atoms with Crippen molar-refractivity contribution in [1.29, 1.82) is 0 Å². The third-order valence-corrected chi connectivity index (χ3v) is 8.54. The highest BCUT2D eigenvalue weighted by Gasteiger charge is 2.40. The molecule has 0 saturated carbocycles. The Labute approximate surface area is 209 Å². The Bertz CT molecular complexity index is 684. The van der Waals surface area contributed by atoms with Crippen molar-refractivity contribution in [3.8, 4) is 0 Å². The maximum Gasteiger partial charge on any atom is 0.191 e. The van der Waals surface area contributed by atoms with Crippen LogP contribution in [0.25, 0.3) is 0 Å². The lowest BCUT2D eigenvalue weighted by molar-refractivity contribution is 0.0794. The fraction of sp³-hybridized carbons (Fsp3) is 0.708. The van der Waals surface area contributed by atoms with Crippen LogP contribution in [0.3, 0.4) is 0 Å². The first-order valence-corrected chi connectivity index (χ1v) is 12.9. The van der Waals surface area contributed by atoms with Crippen LogP contribution in [0, 0.1) is 0 Å². The lowest BCUT2D eigenvalue weighted by Crippen LogP contribution is -2.52. The van der Waals surface area contributed by atoms with Gasteiger partial charge in [-0.05, 0) is 57.3 Å². The first-order valence-electron chi connectivity index (χ1n) is 11.7. The van der Waals surface area contributed by atoms with E-state index in [4.69, 9.17) is 9.73 Å². The second-order valence-corrected chi connectivity index (χ2v) is 10.3. The summed E-state index contributed by atoms with van der Waals surface area (Å²) in [6.07, 6.45) is 9.52. The summed E-state index contributed by atoms with van der Waals surface area (Å²) in [5.41, 5.74) is 1.44. The number of piperidine rings is 1. The van der Waals surface area contributed by atoms with Gasteiger partial charge >= 0.3 is 0 Å². The van der Waals surface area contributed by atoms with E-state index in [0.29, 0.717) is 18.1 Å². The van der Waals surface area contributed by atoms with Gasteiger partial charge in [-0.25, -0.2) is 0 Å². The van der Waals surface area contributed by atoms with Gasteiger partial charge in [-0.1, -0.05) is 30.3 Å². The minimum atomic E-state index is 0. The topological polar surface area (TPSA) is 48.9 Å². The van der Waals surface area contributed by atoms with Crippen molar-refractivity contribution in [3.63, 3.8) is 0 Å². The maximum atomic E-state index is 5.59. The second-order valence-electron chi connectivity index (χ2n) is 9.05. The van der Waals surface area contributed by atoms with Crippen molar-refractivity contribution < 1.29 is 4.74 Å². The standard InChI is InChI=1S/C24H38N4OS.HI/c1-3-25-23(26-18-24(30-2)11-13-29-14-12-24)27-20-15-21-9-10-22(16-20)28(21)17-19-7-5-4-6-8-19;/h4-8,20-22H,3,9-18H2,1-2H3,(H2,25,26,27);1H. The molecule has 0 amide bonds. The van der Waals surface area contributed by atoms with E-state index in [1.54, 1.807) is 0 Å². The predicted molar refractivity (Wildman–Crippen MR) is 143 cm³/mol. The minimum Gasteiger partial charge on any atom is -0.381 e. The molecule has 2 bridgehead atoms. The molecular formula is C24H39IN4OS. The van der Waals surface area contributed by atoms with E-state index in [-0.39, 0.29) is 28.7 Å². The summed E-state index contributed by atoms with van der Waals surface area (Å²) in [6.45, 7) is 6.75. The van der Waals surface area contributed by atoms with Crippen LogP contribution in [-0.2, 0) is 11.3 Å². The molecule has 5 nitrogen and oxygen atoms in total. The van der Waals surface area contributed by atoms with Crippen molar-refractivity contribution in [2.45, 2.75) is 74.9 Å². The van der Waals surface area contributed by atoms with Crippen LogP contribution >= 0.6 is 35.7 Å². The van der Waals surface area contributed by atoms with Crippen molar-refractivity contribution in [2.24, 2.45) is 4.99 Å². The molecule has 3 saturated heterocycles. The second kappa shape index (κ2) is 12.1. The number of hydrogen-bond donors (Lipinski definition) is 2. The first kappa shape index (κ1) is 25.1. The Morgan fingerprint density at radius 1 is 1.16 bits per heavy atom. The van der Waals surface area contributed by atoms with Crippen LogP contribution < -0.4 is 10.6 Å². The number of rotatable bonds is 7. The molecule has 4 rings (SSSR count). The van der Waals surface area contributed by atoms with Gasteiger partial charge in [-0.2, -0.15) is 11.8 Å². The number of nitrogens with zero attached hydrogens (tertiary/aromatic N) is 2. The van der Waals surface area contributed by atoms with Gasteiger partial charge in [0.2, 0.25) is 0 Å². The van der Waals surface area contributed by atoms with Gasteiger partial charge in [0.1, 0.15) is 0 Å². The van der Waals surface area contributed by atoms with Gasteiger partial charge in [0.25, 0.3) is 0 Å². The smallest absolute Gasteiger partial charge is 0.191 e. The predicted octanol–water partition coefficient (Wildman–Crippen LogP) is 4.27. The highest BCUT2D eigenvalue weighted by molar-refractivity contribution is 14.0. The van der Waals surface area contributed by atoms with E-state index >= 15 is 0 Å². The summed E-state index contributed by atoms with van der Waals surface area (Å²) < 4.78 is 5.82. The van der Waals surface area contributed by atoms with Gasteiger partial charge in [0, 0.05) is 49.2 Å². The normalized spacial score (nSPS) is 28.1. The van der Waals surface area contributed by atoms with Crippen molar-refractivity contribution in [2.75, 3.05) is 32.6 Å². The van der Waals surface area contributed by atoms with Gasteiger partial charge < -0.3 is 15.4 Å². The van der Waals surface area contributed by atoms with Crippen molar-refractivity contribution >= 4 is 41.7 Å². The zero-order valence-corrected chi connectivity index (χ0v) is 22.2. The average molecular weight is 559 g/mol. The lowest BCUT2D eigenvalue weighted by Gasteiger charge is -2.40. The van der Waals surface area contributed by atoms with E-state index in [2.05, 4.69) is 59.0 Å². The number of ether oxygens (including phenoxy) is 1. The highest BCUT2D eigenvalue weighted by atomic mass is 127. The summed E-state index contributed by atoms with van der Waals surface area (Å²) in [5, 5.41) is 7.29. The van der Waals surface area contributed by atoms with Crippen LogP contribution in [0.4, 0.5) is 0 Å². The van der Waals surface area contributed by atoms with Crippen LogP contribution in [0.5, 0.6) is 0 Å². The molecule has 1 aromatic rings. The molecule has 7 heteroatoms. The molecule has 174 valence electrons. The van der Waals surface area contributed by atoms with Crippen LogP contribution in [-0.4, -0.2) is 66.3 Å². The number of benzene rings is 1. The van der Waals surface area contributed by atoms with Gasteiger partial charge in [-0.3, -0.25) is 9.89 Å². The summed E-state index contributed by atoms with van der Waals surface area (Å²) >= 11 is 1.96. The van der Waals surface area contributed by atoms with Crippen LogP contribution in [0.2, 0.25) is 0 Å². The third kappa shape index (κ3) is 6.51. The van der Waals surface area contributed by atoms with Crippen molar-refractivity contribution in [1.82, 2.24) is 15.5 Å². The van der Waals surface area contributed by atoms with E-state index in [0.717, 1.165) is 51.6 Å². The molecule has 3 heterocycles. The summed E-state index contributed by atoms with van der Waals surface area (Å²) in [4.78, 5) is 7.79. The average Bonchev–Trinajstić information content (AvgIpc) is 3.01. The monoisotopic (exact) mass is 558 g/mol. The maximum absolute atomic E-state index is 5.59. The number of fused-ring (bicyclic) bond motifs is 2. The molecule has 2 atom stereocenters. The number of hydrogen-bond acceptors (Lipinski definition) is 4. The molecule has 1 aromatic carbocycles. The van der Waals surface area contributed by atoms with Crippen LogP contribution in [0.1, 0.15) is 51.0 Å². The number of aliphatic imine (C=N–C) groups is 1. The summed E-state index contributed by atoms with van der Waals surface area (Å²) in [6, 6.07) is 12.9. The Hall–Kier alpha value is -0.510. The number of thioether (sulfide) groups is 1. The fourth-order valence-electron chi connectivity index (χ4n) is 5.35. The molecule has 0 spiro atoms. The number of guanidine groups is 1. The Morgan fingerprint density at radius 2 is 1.84 bits per heavy atom. The number of nitrogens with one attached hydrogen (secondary N) is 2. The molecule has 0 aromatic heterocycles. The zero-order chi connectivity index (χ0) is 20.8. The van der Waals surface area contributed by atoms with E-state index in [1.807, 2.05) is 11.8 Å². The summed E-state index contributed by atoms with van der Waals surface area (Å²) in [5.74, 6) is 0.998. The molecule has 3 aliphatic heterocycles. The van der Waals surface area contributed by atoms with E-state index in [9.17, 15) is 0 Å². The molecule has 0 aliphatic carbocycles. The molecular weight excluding hydrogens is 519 g/mol. The SMILES string of the molecule is CCNC(=NCC1(SC)CCOCC1)NC1CC2CCC(C1)N2Cc1ccccc1.I. The lowest BCUT2D eigenvalue weighted by atomic mass is 9.96. The van der Waals surface area contributed by atoms with Gasteiger partial charge in [-0.15, -0.1) is 24.0 Å². The van der Waals surface area contributed by atoms with Gasteiger partial charge in [0.05, 0.1) is 6.54 Å². The quantitative estimate of drug-likeness (QED) is 0.298. The fourth-order valence-corrected chi connectivity index (χ4v) is 6.12. The largest absolute Gasteiger partial charge is 0.381 e. The Kier molecular flexibility index (Phi) is 9.80. The zero-order valence-electron chi connectivity index (χ0n) is 19.0. The van der Waals surface area contributed by atoms with Crippen LogP contribution in [0.15, 0.2) is 35.3 Å². The van der Waals surface area contributed by atoms with Crippen molar-refractivity contribution in [3.05, 3.63) is 35.9 Å². The summed E-state index contributed by atoms with van der Waals surface area (Å²) in [7, 11) is 0. The molecule has 0 radical (unpaired) electrons. The third-order valence-electron chi connectivity index (χ3n) is 7.14. The molecule has 2 N–H and O–H groups in total. The molecule has 3 aliphatic rings. The molecule has 3 fully saturated rings. The Morgan fingerprint density at radius 3 is 2.45 bits per heavy atom. The number of halogens is 1. The van der Waals surface area contributed by atoms with E-state index < -0.39 is 0 Å². The molecule has 2 unspecified atom stereocenters. The Balaban J connectivity index is 0.00000272. The first-order chi connectivity index (χ1) is 14.7. The highest BCUT2D eigenvalue weighted by Crippen LogP contribution is 2.37. The van der Waals surface area contributed by atoms with E-state index in [1.165, 1.54) is 31.2 Å². The minimum absolute atomic E-state index is 0. The van der Waals surface area contributed by atoms with Gasteiger partial charge in [0.15, 0.2) is 5.96 Å².